The number of nitrogens with zero attached hydrogens (tertiary/aromatic N) is 1. The molecule has 0 saturated carbocycles. The predicted octanol–water partition coefficient (Wildman–Crippen LogP) is 3.86. The van der Waals surface area contributed by atoms with Gasteiger partial charge in [0.2, 0.25) is 15.9 Å². The Morgan fingerprint density at radius 2 is 1.74 bits per heavy atom. The van der Waals surface area contributed by atoms with Gasteiger partial charge in [-0.05, 0) is 61.2 Å². The lowest BCUT2D eigenvalue weighted by molar-refractivity contribution is -0.126. The van der Waals surface area contributed by atoms with Crippen molar-refractivity contribution in [1.82, 2.24) is 9.62 Å². The van der Waals surface area contributed by atoms with Crippen molar-refractivity contribution >= 4 is 27.7 Å². The van der Waals surface area contributed by atoms with Gasteiger partial charge in [0.15, 0.2) is 11.6 Å². The number of piperidine rings is 1. The zero-order chi connectivity index (χ0) is 22.2. The molecule has 1 fully saturated rings. The molecule has 0 aromatic heterocycles. The molecule has 166 valence electrons. The minimum atomic E-state index is -3.97. The van der Waals surface area contributed by atoms with Crippen LogP contribution in [0, 0.1) is 23.4 Å². The number of amides is 1. The van der Waals surface area contributed by atoms with Gasteiger partial charge in [-0.3, -0.25) is 4.79 Å². The molecular formula is C21H21F3N2O3S2. The first-order chi connectivity index (χ1) is 14.8. The molecule has 2 aliphatic rings. The Labute approximate surface area is 183 Å². The van der Waals surface area contributed by atoms with E-state index in [1.54, 1.807) is 17.8 Å². The first kappa shape index (κ1) is 22.2. The fourth-order valence-electron chi connectivity index (χ4n) is 3.95. The van der Waals surface area contributed by atoms with Gasteiger partial charge in [0, 0.05) is 29.7 Å². The number of rotatable bonds is 4. The highest BCUT2D eigenvalue weighted by atomic mass is 32.2. The molecule has 1 N–H and O–H groups in total. The van der Waals surface area contributed by atoms with Crippen LogP contribution < -0.4 is 5.32 Å². The molecule has 0 radical (unpaired) electrons. The van der Waals surface area contributed by atoms with Gasteiger partial charge in [-0.15, -0.1) is 11.8 Å². The van der Waals surface area contributed by atoms with E-state index in [0.717, 1.165) is 28.3 Å². The first-order valence-corrected chi connectivity index (χ1v) is 12.4. The molecule has 4 rings (SSSR count). The molecule has 2 heterocycles. The molecule has 1 saturated heterocycles. The largest absolute Gasteiger partial charge is 0.349 e. The van der Waals surface area contributed by atoms with Crippen molar-refractivity contribution in [3.63, 3.8) is 0 Å². The lowest BCUT2D eigenvalue weighted by Gasteiger charge is -2.32. The molecule has 1 amide bonds. The fourth-order valence-corrected chi connectivity index (χ4v) is 6.54. The van der Waals surface area contributed by atoms with Crippen molar-refractivity contribution in [2.45, 2.75) is 35.1 Å². The third-order valence-corrected chi connectivity index (χ3v) is 8.70. The maximum absolute atomic E-state index is 13.7. The van der Waals surface area contributed by atoms with E-state index in [-0.39, 0.29) is 41.7 Å². The number of halogens is 3. The van der Waals surface area contributed by atoms with E-state index in [1.807, 2.05) is 0 Å². The van der Waals surface area contributed by atoms with Gasteiger partial charge in [0.05, 0.1) is 10.9 Å². The second-order valence-corrected chi connectivity index (χ2v) is 10.7. The number of benzene rings is 2. The highest BCUT2D eigenvalue weighted by molar-refractivity contribution is 7.99. The van der Waals surface area contributed by atoms with Crippen molar-refractivity contribution in [1.29, 1.82) is 0 Å². The Balaban J connectivity index is 1.40. The normalized spacial score (nSPS) is 20.3. The summed E-state index contributed by atoms with van der Waals surface area (Å²) in [5.41, 5.74) is 0.767. The number of sulfonamides is 1. The number of fused-ring (bicyclic) bond motifs is 1. The van der Waals surface area contributed by atoms with Crippen molar-refractivity contribution < 1.29 is 26.4 Å². The minimum Gasteiger partial charge on any atom is -0.349 e. The van der Waals surface area contributed by atoms with Crippen LogP contribution >= 0.6 is 11.8 Å². The van der Waals surface area contributed by atoms with Gasteiger partial charge in [0.25, 0.3) is 0 Å². The molecule has 2 aromatic carbocycles. The summed E-state index contributed by atoms with van der Waals surface area (Å²) in [5.74, 6) is -2.43. The Bertz CT molecular complexity index is 1100. The number of thioether (sulfide) groups is 1. The number of carbonyl (C=O) groups excluding carboxylic acids is 1. The van der Waals surface area contributed by atoms with Gasteiger partial charge in [0.1, 0.15) is 5.82 Å². The molecule has 1 atom stereocenters. The van der Waals surface area contributed by atoms with Crippen LogP contribution in [0.15, 0.2) is 46.2 Å². The average molecular weight is 471 g/mol. The number of nitrogens with one attached hydrogen (secondary N) is 1. The summed E-state index contributed by atoms with van der Waals surface area (Å²) in [6.07, 6.45) is 1.31. The molecule has 2 aliphatic heterocycles. The Morgan fingerprint density at radius 3 is 2.45 bits per heavy atom. The van der Waals surface area contributed by atoms with Crippen molar-refractivity contribution in [3.05, 3.63) is 59.4 Å². The van der Waals surface area contributed by atoms with Crippen LogP contribution in [0.4, 0.5) is 13.2 Å². The SMILES string of the molecule is O=C(N[C@H]1CCSc2ccc(F)cc21)C1CCN(S(=O)(=O)c2ccc(F)c(F)c2)CC1. The van der Waals surface area contributed by atoms with Gasteiger partial charge in [-0.25, -0.2) is 21.6 Å². The zero-order valence-electron chi connectivity index (χ0n) is 16.5. The summed E-state index contributed by atoms with van der Waals surface area (Å²) in [5, 5.41) is 2.99. The van der Waals surface area contributed by atoms with Gasteiger partial charge >= 0.3 is 0 Å². The summed E-state index contributed by atoms with van der Waals surface area (Å²) in [4.78, 5) is 13.4. The quantitative estimate of drug-likeness (QED) is 0.737. The fraction of sp³-hybridized carbons (Fsp3) is 0.381. The molecule has 0 unspecified atom stereocenters. The van der Waals surface area contributed by atoms with Crippen LogP contribution in [0.3, 0.4) is 0 Å². The number of hydrogen-bond donors (Lipinski definition) is 1. The van der Waals surface area contributed by atoms with E-state index in [4.69, 9.17) is 0 Å². The zero-order valence-corrected chi connectivity index (χ0v) is 18.1. The van der Waals surface area contributed by atoms with Crippen molar-refractivity contribution in [2.75, 3.05) is 18.8 Å². The Kier molecular flexibility index (Phi) is 6.32. The van der Waals surface area contributed by atoms with Crippen molar-refractivity contribution in [3.8, 4) is 0 Å². The predicted molar refractivity (Wildman–Crippen MR) is 110 cm³/mol. The van der Waals surface area contributed by atoms with Crippen LogP contribution in [-0.2, 0) is 14.8 Å². The van der Waals surface area contributed by atoms with Crippen LogP contribution in [0.2, 0.25) is 0 Å². The summed E-state index contributed by atoms with van der Waals surface area (Å²) in [6.45, 7) is 0.205. The third-order valence-electron chi connectivity index (χ3n) is 5.68. The highest BCUT2D eigenvalue weighted by Gasteiger charge is 2.34. The summed E-state index contributed by atoms with van der Waals surface area (Å²) >= 11 is 1.63. The number of carbonyl (C=O) groups is 1. The van der Waals surface area contributed by atoms with E-state index >= 15 is 0 Å². The smallest absolute Gasteiger partial charge is 0.243 e. The van der Waals surface area contributed by atoms with Crippen molar-refractivity contribution in [2.24, 2.45) is 5.92 Å². The second-order valence-electron chi connectivity index (χ2n) is 7.63. The van der Waals surface area contributed by atoms with Gasteiger partial charge < -0.3 is 5.32 Å². The lowest BCUT2D eigenvalue weighted by Crippen LogP contribution is -2.44. The van der Waals surface area contributed by atoms with E-state index in [0.29, 0.717) is 25.3 Å². The van der Waals surface area contributed by atoms with Crippen LogP contribution in [0.5, 0.6) is 0 Å². The van der Waals surface area contributed by atoms with Gasteiger partial charge in [-0.1, -0.05) is 0 Å². The Morgan fingerprint density at radius 1 is 1.00 bits per heavy atom. The molecule has 0 aliphatic carbocycles. The molecule has 0 bridgehead atoms. The van der Waals surface area contributed by atoms with Crippen LogP contribution in [0.1, 0.15) is 30.9 Å². The standard InChI is InChI=1S/C21H21F3N2O3S2/c22-14-1-4-20-16(11-14)19(7-10-30-20)25-21(27)13-5-8-26(9-6-13)31(28,29)15-2-3-17(23)18(24)12-15/h1-4,11-13,19H,5-10H2,(H,25,27)/t19-/m0/s1. The topological polar surface area (TPSA) is 66.5 Å². The monoisotopic (exact) mass is 470 g/mol. The highest BCUT2D eigenvalue weighted by Crippen LogP contribution is 2.37. The third kappa shape index (κ3) is 4.61. The van der Waals surface area contributed by atoms with E-state index < -0.39 is 21.7 Å². The molecule has 2 aromatic rings. The second kappa shape index (κ2) is 8.84. The van der Waals surface area contributed by atoms with E-state index in [1.165, 1.54) is 16.4 Å². The minimum absolute atomic E-state index is 0.102. The van der Waals surface area contributed by atoms with E-state index in [9.17, 15) is 26.4 Å². The summed E-state index contributed by atoms with van der Waals surface area (Å²) < 4.78 is 66.9. The first-order valence-electron chi connectivity index (χ1n) is 9.93. The molecule has 10 heteroatoms. The molecular weight excluding hydrogens is 449 g/mol. The van der Waals surface area contributed by atoms with Crippen LogP contribution in [0.25, 0.3) is 0 Å². The van der Waals surface area contributed by atoms with Crippen LogP contribution in [-0.4, -0.2) is 37.5 Å². The maximum atomic E-state index is 13.7. The maximum Gasteiger partial charge on any atom is 0.243 e. The summed E-state index contributed by atoms with van der Waals surface area (Å²) in [6, 6.07) is 6.78. The average Bonchev–Trinajstić information content (AvgIpc) is 2.76. The van der Waals surface area contributed by atoms with Gasteiger partial charge in [-0.2, -0.15) is 4.31 Å². The molecule has 0 spiro atoms. The van der Waals surface area contributed by atoms with E-state index in [2.05, 4.69) is 5.32 Å². The molecule has 31 heavy (non-hydrogen) atoms. The Hall–Kier alpha value is -2.04. The summed E-state index contributed by atoms with van der Waals surface area (Å²) in [7, 11) is -3.97. The molecule has 5 nitrogen and oxygen atoms in total. The lowest BCUT2D eigenvalue weighted by atomic mass is 9.95. The number of hydrogen-bond acceptors (Lipinski definition) is 4.